The van der Waals surface area contributed by atoms with Crippen molar-refractivity contribution >= 4 is 28.1 Å². The van der Waals surface area contributed by atoms with Gasteiger partial charge >= 0.3 is 0 Å². The zero-order chi connectivity index (χ0) is 10.8. The first-order chi connectivity index (χ1) is 7.20. The first-order valence-electron chi connectivity index (χ1n) is 4.13. The molecule has 2 N–H and O–H groups in total. The summed E-state index contributed by atoms with van der Waals surface area (Å²) < 4.78 is 0. The Kier molecular flexibility index (Phi) is 2.58. The van der Waals surface area contributed by atoms with Crippen LogP contribution in [0.2, 0.25) is 5.02 Å². The second-order valence-corrected chi connectivity index (χ2v) is 4.32. The van der Waals surface area contributed by atoms with E-state index in [2.05, 4.69) is 11.1 Å². The van der Waals surface area contributed by atoms with Crippen LogP contribution >= 0.6 is 22.9 Å². The Bertz CT molecular complexity index is 542. The van der Waals surface area contributed by atoms with E-state index in [4.69, 9.17) is 22.6 Å². The lowest BCUT2D eigenvalue weighted by Gasteiger charge is -1.97. The van der Waals surface area contributed by atoms with E-state index < -0.39 is 0 Å². The zero-order valence-corrected chi connectivity index (χ0v) is 9.14. The average molecular weight is 236 g/mol. The van der Waals surface area contributed by atoms with E-state index in [1.807, 2.05) is 12.1 Å². The van der Waals surface area contributed by atoms with E-state index >= 15 is 0 Å². The highest BCUT2D eigenvalue weighted by Gasteiger charge is 2.11. The van der Waals surface area contributed by atoms with Crippen LogP contribution in [0.5, 0.6) is 0 Å². The van der Waals surface area contributed by atoms with Crippen molar-refractivity contribution in [2.45, 2.75) is 0 Å². The predicted molar refractivity (Wildman–Crippen MR) is 61.7 cm³/mol. The summed E-state index contributed by atoms with van der Waals surface area (Å²) in [5, 5.41) is 9.90. The fraction of sp³-hybridized carbons (Fsp3) is 0. The molecule has 0 atom stereocenters. The summed E-state index contributed by atoms with van der Waals surface area (Å²) in [5.41, 5.74) is 6.97. The van der Waals surface area contributed by atoms with Gasteiger partial charge in [0, 0.05) is 10.6 Å². The van der Waals surface area contributed by atoms with Crippen LogP contribution in [0.15, 0.2) is 24.3 Å². The van der Waals surface area contributed by atoms with E-state index in [9.17, 15) is 0 Å². The molecular formula is C10H6ClN3S. The second kappa shape index (κ2) is 3.89. The van der Waals surface area contributed by atoms with Crippen molar-refractivity contribution in [1.29, 1.82) is 5.26 Å². The maximum absolute atomic E-state index is 8.89. The molecule has 5 heteroatoms. The lowest BCUT2D eigenvalue weighted by molar-refractivity contribution is 1.39. The van der Waals surface area contributed by atoms with Gasteiger partial charge in [-0.2, -0.15) is 5.26 Å². The molecule has 0 amide bonds. The Morgan fingerprint density at radius 1 is 1.47 bits per heavy atom. The number of hydrogen-bond donors (Lipinski definition) is 1. The lowest BCUT2D eigenvalue weighted by Crippen LogP contribution is -1.84. The second-order valence-electron chi connectivity index (χ2n) is 2.85. The van der Waals surface area contributed by atoms with Crippen LogP contribution in [-0.2, 0) is 0 Å². The molecule has 0 fully saturated rings. The molecule has 0 radical (unpaired) electrons. The topological polar surface area (TPSA) is 62.7 Å². The van der Waals surface area contributed by atoms with Crippen LogP contribution in [0.4, 0.5) is 5.13 Å². The lowest BCUT2D eigenvalue weighted by atomic mass is 10.1. The van der Waals surface area contributed by atoms with E-state index in [1.54, 1.807) is 12.1 Å². The Labute approximate surface area is 95.7 Å². The minimum absolute atomic E-state index is 0.390. The van der Waals surface area contributed by atoms with Gasteiger partial charge in [0.2, 0.25) is 0 Å². The normalized spacial score (nSPS) is 9.87. The highest BCUT2D eigenvalue weighted by atomic mass is 35.5. The number of anilines is 1. The Balaban J connectivity index is 2.59. The van der Waals surface area contributed by atoms with Crippen LogP contribution in [0.1, 0.15) is 4.88 Å². The third-order valence-corrected chi connectivity index (χ3v) is 2.87. The van der Waals surface area contributed by atoms with E-state index in [0.29, 0.717) is 20.7 Å². The van der Waals surface area contributed by atoms with Gasteiger partial charge in [-0.1, -0.05) is 35.1 Å². The van der Waals surface area contributed by atoms with Crippen molar-refractivity contribution in [3.05, 3.63) is 34.2 Å². The maximum atomic E-state index is 8.89. The van der Waals surface area contributed by atoms with Gasteiger partial charge in [0.1, 0.15) is 16.6 Å². The fourth-order valence-corrected chi connectivity index (χ4v) is 2.09. The number of aromatic nitrogens is 1. The van der Waals surface area contributed by atoms with Gasteiger partial charge in [0.25, 0.3) is 0 Å². The molecule has 0 aliphatic carbocycles. The third kappa shape index (κ3) is 1.94. The molecule has 0 spiro atoms. The molecule has 15 heavy (non-hydrogen) atoms. The monoisotopic (exact) mass is 235 g/mol. The van der Waals surface area contributed by atoms with Gasteiger partial charge in [-0.3, -0.25) is 0 Å². The molecule has 2 rings (SSSR count). The Hall–Kier alpha value is -1.57. The van der Waals surface area contributed by atoms with Crippen LogP contribution in [-0.4, -0.2) is 4.98 Å². The Morgan fingerprint density at radius 2 is 2.27 bits per heavy atom. The quantitative estimate of drug-likeness (QED) is 0.827. The van der Waals surface area contributed by atoms with E-state index in [0.717, 1.165) is 5.56 Å². The van der Waals surface area contributed by atoms with E-state index in [1.165, 1.54) is 11.3 Å². The van der Waals surface area contributed by atoms with Gasteiger partial charge in [-0.05, 0) is 12.1 Å². The van der Waals surface area contributed by atoms with Gasteiger partial charge in [-0.15, -0.1) is 0 Å². The summed E-state index contributed by atoms with van der Waals surface area (Å²) in [4.78, 5) is 4.62. The van der Waals surface area contributed by atoms with Crippen molar-refractivity contribution in [3.8, 4) is 17.3 Å². The third-order valence-electron chi connectivity index (χ3n) is 1.84. The molecule has 1 heterocycles. The number of nitriles is 1. The first-order valence-corrected chi connectivity index (χ1v) is 5.32. The summed E-state index contributed by atoms with van der Waals surface area (Å²) in [7, 11) is 0. The molecule has 0 unspecified atom stereocenters. The fourth-order valence-electron chi connectivity index (χ4n) is 1.24. The largest absolute Gasteiger partial charge is 0.375 e. The number of hydrogen-bond acceptors (Lipinski definition) is 4. The first kappa shape index (κ1) is 9.97. The number of nitrogens with zero attached hydrogens (tertiary/aromatic N) is 2. The molecule has 2 aromatic rings. The minimum Gasteiger partial charge on any atom is -0.375 e. The Morgan fingerprint density at radius 3 is 2.93 bits per heavy atom. The molecule has 0 bridgehead atoms. The number of nitrogens with two attached hydrogens (primary N) is 1. The van der Waals surface area contributed by atoms with Gasteiger partial charge < -0.3 is 5.73 Å². The summed E-state index contributed by atoms with van der Waals surface area (Å²) in [6.07, 6.45) is 0. The molecule has 1 aromatic carbocycles. The predicted octanol–water partition coefficient (Wildman–Crippen LogP) is 2.92. The van der Waals surface area contributed by atoms with Gasteiger partial charge in [-0.25, -0.2) is 4.98 Å². The molecule has 3 nitrogen and oxygen atoms in total. The minimum atomic E-state index is 0.390. The molecular weight excluding hydrogens is 230 g/mol. The smallest absolute Gasteiger partial charge is 0.181 e. The van der Waals surface area contributed by atoms with Crippen LogP contribution in [0, 0.1) is 11.3 Å². The van der Waals surface area contributed by atoms with Gasteiger partial charge in [0.15, 0.2) is 5.13 Å². The average Bonchev–Trinajstić information content (AvgIpc) is 2.59. The van der Waals surface area contributed by atoms with E-state index in [-0.39, 0.29) is 0 Å². The molecule has 1 aromatic heterocycles. The highest BCUT2D eigenvalue weighted by molar-refractivity contribution is 7.16. The summed E-state index contributed by atoms with van der Waals surface area (Å²) in [5.74, 6) is 0. The SMILES string of the molecule is N#Cc1sc(N)nc1-c1cccc(Cl)c1. The molecule has 74 valence electrons. The van der Waals surface area contributed by atoms with Crippen molar-refractivity contribution in [2.24, 2.45) is 0 Å². The van der Waals surface area contributed by atoms with Crippen LogP contribution in [0.25, 0.3) is 11.3 Å². The van der Waals surface area contributed by atoms with Crippen molar-refractivity contribution in [3.63, 3.8) is 0 Å². The van der Waals surface area contributed by atoms with Crippen molar-refractivity contribution in [2.75, 3.05) is 5.73 Å². The molecule has 0 saturated carbocycles. The highest BCUT2D eigenvalue weighted by Crippen LogP contribution is 2.30. The van der Waals surface area contributed by atoms with Crippen molar-refractivity contribution < 1.29 is 0 Å². The summed E-state index contributed by atoms with van der Waals surface area (Å²) in [6, 6.07) is 9.26. The molecule has 0 aliphatic rings. The zero-order valence-electron chi connectivity index (χ0n) is 7.57. The number of benzene rings is 1. The van der Waals surface area contributed by atoms with Crippen molar-refractivity contribution in [1.82, 2.24) is 4.98 Å². The summed E-state index contributed by atoms with van der Waals surface area (Å²) >= 11 is 7.04. The molecule has 0 saturated heterocycles. The summed E-state index contributed by atoms with van der Waals surface area (Å²) in [6.45, 7) is 0. The number of nitrogen functional groups attached to an aromatic ring is 1. The standard InChI is InChI=1S/C10H6ClN3S/c11-7-3-1-2-6(4-7)9-8(5-12)15-10(13)14-9/h1-4H,(H2,13,14). The molecule has 0 aliphatic heterocycles. The number of thiazole rings is 1. The van der Waals surface area contributed by atoms with Gasteiger partial charge in [0.05, 0.1) is 0 Å². The maximum Gasteiger partial charge on any atom is 0.181 e. The number of halogens is 1. The number of rotatable bonds is 1. The van der Waals surface area contributed by atoms with Crippen LogP contribution < -0.4 is 5.73 Å². The van der Waals surface area contributed by atoms with Crippen LogP contribution in [0.3, 0.4) is 0 Å².